The third-order valence-corrected chi connectivity index (χ3v) is 5.31. The first-order valence-electron chi connectivity index (χ1n) is 9.35. The summed E-state index contributed by atoms with van der Waals surface area (Å²) in [4.78, 5) is 12.4. The number of halogens is 2. The Morgan fingerprint density at radius 2 is 1.68 bits per heavy atom. The first kappa shape index (κ1) is 20.8. The monoisotopic (exact) mass is 405 g/mol. The lowest BCUT2D eigenvalue weighted by molar-refractivity contribution is -0.129. The summed E-state index contributed by atoms with van der Waals surface area (Å²) in [7, 11) is 1.57. The molecule has 0 unspecified atom stereocenters. The third kappa shape index (κ3) is 5.31. The van der Waals surface area contributed by atoms with E-state index >= 15 is 0 Å². The standard InChI is InChI=1S/C22H25ClFNO3/c1-22(25-21(26)11-12-27-2)13-19(15-3-7-17(23)8-4-15)28-20(14-22)16-5-9-18(24)10-6-16/h3-10,19-20H,11-14H2,1-2H3,(H,25,26)/t19-,20+,22-/m1/s1. The Morgan fingerprint density at radius 3 is 2.21 bits per heavy atom. The molecule has 0 bridgehead atoms. The number of ether oxygens (including phenoxy) is 2. The Labute approximate surface area is 170 Å². The summed E-state index contributed by atoms with van der Waals surface area (Å²) < 4.78 is 24.7. The maximum atomic E-state index is 13.4. The average molecular weight is 406 g/mol. The van der Waals surface area contributed by atoms with Crippen molar-refractivity contribution in [1.29, 1.82) is 0 Å². The molecule has 4 nitrogen and oxygen atoms in total. The Kier molecular flexibility index (Phi) is 6.70. The number of carbonyl (C=O) groups excluding carboxylic acids is 1. The molecule has 1 aliphatic rings. The Bertz CT molecular complexity index is 741. The predicted octanol–water partition coefficient (Wildman–Crippen LogP) is 4.98. The van der Waals surface area contributed by atoms with Gasteiger partial charge in [0, 0.05) is 36.9 Å². The maximum absolute atomic E-state index is 13.4. The van der Waals surface area contributed by atoms with Crippen molar-refractivity contribution in [2.75, 3.05) is 13.7 Å². The lowest BCUT2D eigenvalue weighted by atomic mass is 9.81. The van der Waals surface area contributed by atoms with Crippen LogP contribution < -0.4 is 5.32 Å². The predicted molar refractivity (Wildman–Crippen MR) is 107 cm³/mol. The number of amides is 1. The number of carbonyl (C=O) groups is 1. The van der Waals surface area contributed by atoms with Crippen molar-refractivity contribution >= 4 is 17.5 Å². The molecule has 1 aliphatic heterocycles. The van der Waals surface area contributed by atoms with Gasteiger partial charge in [-0.05, 0) is 42.3 Å². The van der Waals surface area contributed by atoms with Gasteiger partial charge in [-0.3, -0.25) is 4.79 Å². The van der Waals surface area contributed by atoms with E-state index in [2.05, 4.69) is 5.32 Å². The van der Waals surface area contributed by atoms with E-state index in [0.29, 0.717) is 30.9 Å². The minimum Gasteiger partial charge on any atom is -0.384 e. The minimum absolute atomic E-state index is 0.0565. The second-order valence-corrected chi connectivity index (χ2v) is 7.91. The molecule has 3 atom stereocenters. The number of hydrogen-bond acceptors (Lipinski definition) is 3. The molecular weight excluding hydrogens is 381 g/mol. The normalized spacial score (nSPS) is 24.7. The average Bonchev–Trinajstić information content (AvgIpc) is 2.66. The highest BCUT2D eigenvalue weighted by Crippen LogP contribution is 2.43. The summed E-state index contributed by atoms with van der Waals surface area (Å²) in [5.41, 5.74) is 1.41. The zero-order chi connectivity index (χ0) is 20.1. The van der Waals surface area contributed by atoms with Crippen LogP contribution in [0.15, 0.2) is 48.5 Å². The highest BCUT2D eigenvalue weighted by molar-refractivity contribution is 6.30. The molecule has 2 aromatic rings. The maximum Gasteiger partial charge on any atom is 0.222 e. The van der Waals surface area contributed by atoms with E-state index < -0.39 is 5.54 Å². The Balaban J connectivity index is 1.85. The van der Waals surface area contributed by atoms with Crippen LogP contribution in [0, 0.1) is 5.82 Å². The molecule has 1 amide bonds. The van der Waals surface area contributed by atoms with Crippen LogP contribution in [0.1, 0.15) is 49.5 Å². The van der Waals surface area contributed by atoms with E-state index in [1.807, 2.05) is 31.2 Å². The highest BCUT2D eigenvalue weighted by Gasteiger charge is 2.40. The van der Waals surface area contributed by atoms with E-state index in [0.717, 1.165) is 11.1 Å². The fourth-order valence-corrected chi connectivity index (χ4v) is 3.77. The van der Waals surface area contributed by atoms with E-state index in [1.54, 1.807) is 19.2 Å². The van der Waals surface area contributed by atoms with Crippen molar-refractivity contribution in [3.8, 4) is 0 Å². The largest absolute Gasteiger partial charge is 0.384 e. The van der Waals surface area contributed by atoms with Crippen molar-refractivity contribution < 1.29 is 18.7 Å². The SMILES string of the molecule is COCCC(=O)N[C@@]1(C)C[C@@H](c2ccc(F)cc2)O[C@@H](c2ccc(Cl)cc2)C1. The fraction of sp³-hybridized carbons (Fsp3) is 0.409. The Hall–Kier alpha value is -1.95. The van der Waals surface area contributed by atoms with Gasteiger partial charge in [0.25, 0.3) is 0 Å². The molecule has 0 saturated carbocycles. The topological polar surface area (TPSA) is 47.6 Å². The molecule has 0 aromatic heterocycles. The zero-order valence-electron chi connectivity index (χ0n) is 16.1. The lowest BCUT2D eigenvalue weighted by Crippen LogP contribution is -2.51. The quantitative estimate of drug-likeness (QED) is 0.737. The molecule has 0 radical (unpaired) electrons. The van der Waals surface area contributed by atoms with Gasteiger partial charge in [-0.1, -0.05) is 35.9 Å². The first-order valence-corrected chi connectivity index (χ1v) is 9.73. The fourth-order valence-electron chi connectivity index (χ4n) is 3.64. The number of benzene rings is 2. The van der Waals surface area contributed by atoms with Crippen LogP contribution in [0.2, 0.25) is 5.02 Å². The van der Waals surface area contributed by atoms with Crippen LogP contribution >= 0.6 is 11.6 Å². The van der Waals surface area contributed by atoms with Crippen molar-refractivity contribution in [2.45, 2.75) is 43.9 Å². The molecule has 28 heavy (non-hydrogen) atoms. The molecule has 1 saturated heterocycles. The molecule has 1 heterocycles. The summed E-state index contributed by atoms with van der Waals surface area (Å²) >= 11 is 6.02. The van der Waals surface area contributed by atoms with E-state index in [1.165, 1.54) is 12.1 Å². The smallest absolute Gasteiger partial charge is 0.222 e. The van der Waals surface area contributed by atoms with Gasteiger partial charge in [-0.2, -0.15) is 0 Å². The van der Waals surface area contributed by atoms with E-state index in [-0.39, 0.29) is 23.9 Å². The van der Waals surface area contributed by atoms with Crippen LogP contribution in [0.25, 0.3) is 0 Å². The van der Waals surface area contributed by atoms with Gasteiger partial charge in [0.15, 0.2) is 0 Å². The van der Waals surface area contributed by atoms with Gasteiger partial charge in [-0.15, -0.1) is 0 Å². The molecule has 6 heteroatoms. The number of rotatable bonds is 6. The second-order valence-electron chi connectivity index (χ2n) is 7.48. The summed E-state index contributed by atoms with van der Waals surface area (Å²) in [5.74, 6) is -0.344. The summed E-state index contributed by atoms with van der Waals surface area (Å²) in [6.07, 6.45) is 1.06. The minimum atomic E-state index is -0.466. The van der Waals surface area contributed by atoms with Gasteiger partial charge in [-0.25, -0.2) is 4.39 Å². The van der Waals surface area contributed by atoms with Crippen molar-refractivity contribution in [3.05, 3.63) is 70.5 Å². The third-order valence-electron chi connectivity index (χ3n) is 5.06. The van der Waals surface area contributed by atoms with Gasteiger partial charge < -0.3 is 14.8 Å². The van der Waals surface area contributed by atoms with Crippen LogP contribution in [0.3, 0.4) is 0 Å². The van der Waals surface area contributed by atoms with Gasteiger partial charge in [0.05, 0.1) is 18.8 Å². The molecule has 150 valence electrons. The first-order chi connectivity index (χ1) is 13.4. The van der Waals surface area contributed by atoms with Crippen LogP contribution in [-0.4, -0.2) is 25.2 Å². The summed E-state index contributed by atoms with van der Waals surface area (Å²) in [6, 6.07) is 13.9. The molecule has 0 aliphatic carbocycles. The Morgan fingerprint density at radius 1 is 1.14 bits per heavy atom. The number of nitrogens with one attached hydrogen (secondary N) is 1. The number of methoxy groups -OCH3 is 1. The van der Waals surface area contributed by atoms with Crippen molar-refractivity contribution in [1.82, 2.24) is 5.32 Å². The molecule has 1 fully saturated rings. The van der Waals surface area contributed by atoms with Crippen molar-refractivity contribution in [2.24, 2.45) is 0 Å². The molecular formula is C22H25ClFNO3. The van der Waals surface area contributed by atoms with E-state index in [9.17, 15) is 9.18 Å². The highest BCUT2D eigenvalue weighted by atomic mass is 35.5. The van der Waals surface area contributed by atoms with Crippen LogP contribution in [-0.2, 0) is 14.3 Å². The van der Waals surface area contributed by atoms with E-state index in [4.69, 9.17) is 21.1 Å². The van der Waals surface area contributed by atoms with Gasteiger partial charge >= 0.3 is 0 Å². The summed E-state index contributed by atoms with van der Waals surface area (Å²) in [5, 5.41) is 3.81. The second kappa shape index (κ2) is 9.03. The van der Waals surface area contributed by atoms with Crippen LogP contribution in [0.5, 0.6) is 0 Å². The van der Waals surface area contributed by atoms with Crippen molar-refractivity contribution in [3.63, 3.8) is 0 Å². The number of hydrogen-bond donors (Lipinski definition) is 1. The molecule has 3 rings (SSSR count). The van der Waals surface area contributed by atoms with Gasteiger partial charge in [0.1, 0.15) is 5.82 Å². The zero-order valence-corrected chi connectivity index (χ0v) is 16.8. The molecule has 0 spiro atoms. The lowest BCUT2D eigenvalue weighted by Gasteiger charge is -2.43. The summed E-state index contributed by atoms with van der Waals surface area (Å²) in [6.45, 7) is 2.40. The van der Waals surface area contributed by atoms with Gasteiger partial charge in [0.2, 0.25) is 5.91 Å². The molecule has 2 aromatic carbocycles. The molecule has 1 N–H and O–H groups in total. The van der Waals surface area contributed by atoms with Crippen LogP contribution in [0.4, 0.5) is 4.39 Å².